The summed E-state index contributed by atoms with van der Waals surface area (Å²) in [5, 5.41) is 0. The number of rotatable bonds is 5. The summed E-state index contributed by atoms with van der Waals surface area (Å²) in [4.78, 5) is 19.4. The van der Waals surface area contributed by atoms with Crippen molar-refractivity contribution >= 4 is 7.60 Å². The summed E-state index contributed by atoms with van der Waals surface area (Å²) in [7, 11) is -2.55. The van der Waals surface area contributed by atoms with Crippen LogP contribution in [0.3, 0.4) is 0 Å². The first-order chi connectivity index (χ1) is 6.02. The Morgan fingerprint density at radius 3 is 2.14 bits per heavy atom. The van der Waals surface area contributed by atoms with E-state index in [2.05, 4.69) is 4.29 Å². The Morgan fingerprint density at radius 1 is 1.50 bits per heavy atom. The largest absolute Gasteiger partial charge is 0.776 e. The third-order valence-electron chi connectivity index (χ3n) is 1.24. The lowest BCUT2D eigenvalue weighted by Crippen LogP contribution is -2.47. The van der Waals surface area contributed by atoms with E-state index in [-0.39, 0.29) is 11.0 Å². The van der Waals surface area contributed by atoms with Crippen LogP contribution in [0.5, 0.6) is 0 Å². The Labute approximate surface area is 85.1 Å². The molecule has 0 rings (SSSR count). The van der Waals surface area contributed by atoms with Crippen LogP contribution >= 0.6 is 7.60 Å². The minimum Gasteiger partial charge on any atom is -0.776 e. The van der Waals surface area contributed by atoms with Crippen LogP contribution in [0.25, 0.3) is 0 Å². The number of quaternary nitrogens is 1. The number of hydrogen-bond acceptors (Lipinski definition) is 5. The number of hydrogen-bond donors (Lipinski definition) is 1. The van der Waals surface area contributed by atoms with Crippen molar-refractivity contribution in [1.29, 1.82) is 0 Å². The molecule has 0 radical (unpaired) electrons. The predicted molar refractivity (Wildman–Crippen MR) is 37.6 cm³/mol. The van der Waals surface area contributed by atoms with Crippen LogP contribution in [-0.2, 0) is 8.85 Å². The minimum absolute atomic E-state index is 0.142. The number of likely N-dealkylation sites (N-methyl/N-ethyl adjacent to an activating group) is 1. The summed E-state index contributed by atoms with van der Waals surface area (Å²) in [6.45, 7) is -0.171. The topological polar surface area (TPSA) is 116 Å². The molecular weight excluding hydrogens is 236 g/mol. The molecule has 0 saturated heterocycles. The van der Waals surface area contributed by atoms with Gasteiger partial charge in [0.25, 0.3) is 16.6 Å². The monoisotopic (exact) mass is 249 g/mol. The smallest absolute Gasteiger partial charge is 0.286 e. The fourth-order valence-electron chi connectivity index (χ4n) is 0.734. The van der Waals surface area contributed by atoms with Crippen molar-refractivity contribution in [2.75, 3.05) is 27.7 Å². The lowest BCUT2D eigenvalue weighted by molar-refractivity contribution is -1.63. The summed E-state index contributed by atoms with van der Waals surface area (Å²) in [5.74, 6) is -1.75. The van der Waals surface area contributed by atoms with Gasteiger partial charge in [0.2, 0.25) is 0 Å². The third kappa shape index (κ3) is 6.69. The van der Waals surface area contributed by atoms with Crippen LogP contribution in [0, 0.1) is 10.8 Å². The SMILES string of the molecule is C[N+](C)(C)CC(O[Cl+2]([O-])[O-])P(=O)([O-])O. The first-order valence-corrected chi connectivity index (χ1v) is 6.16. The molecule has 0 saturated carbocycles. The predicted octanol–water partition coefficient (Wildman–Crippen LogP) is -3.33. The fourth-order valence-corrected chi connectivity index (χ4v) is 2.25. The third-order valence-corrected chi connectivity index (χ3v) is 2.72. The van der Waals surface area contributed by atoms with E-state index in [0.717, 1.165) is 0 Å². The van der Waals surface area contributed by atoms with Gasteiger partial charge < -0.3 is 28.2 Å². The molecule has 0 aromatic carbocycles. The van der Waals surface area contributed by atoms with E-state index >= 15 is 0 Å². The molecule has 0 aliphatic rings. The lowest BCUT2D eigenvalue weighted by atomic mass is 10.5. The summed E-state index contributed by atoms with van der Waals surface area (Å²) in [5.41, 5.74) is 0. The quantitative estimate of drug-likeness (QED) is 0.402. The number of nitrogens with zero attached hydrogens (tertiary/aromatic N) is 1. The van der Waals surface area contributed by atoms with Gasteiger partial charge in [0.1, 0.15) is 6.54 Å². The molecule has 0 amide bonds. The van der Waals surface area contributed by atoms with Crippen molar-refractivity contribution in [3.05, 3.63) is 0 Å². The molecule has 0 spiro atoms. The van der Waals surface area contributed by atoms with E-state index in [9.17, 15) is 18.8 Å². The Kier molecular flexibility index (Phi) is 4.97. The Bertz CT molecular complexity index is 223. The van der Waals surface area contributed by atoms with E-state index in [1.807, 2.05) is 0 Å². The molecule has 2 atom stereocenters. The van der Waals surface area contributed by atoms with Gasteiger partial charge in [-0.15, -0.1) is 0 Å². The Hall–Kier alpha value is 0.280. The Balaban J connectivity index is 4.51. The molecule has 0 bridgehead atoms. The summed E-state index contributed by atoms with van der Waals surface area (Å²) < 4.78 is 35.1. The van der Waals surface area contributed by atoms with Gasteiger partial charge in [0, 0.05) is 4.29 Å². The second-order valence-corrected chi connectivity index (χ2v) is 6.03. The molecule has 1 N–H and O–H groups in total. The highest BCUT2D eigenvalue weighted by molar-refractivity contribution is 7.50. The molecular formula is C5H13ClNO6P. The molecule has 0 aromatic heterocycles. The van der Waals surface area contributed by atoms with Crippen LogP contribution in [0.4, 0.5) is 0 Å². The van der Waals surface area contributed by atoms with Crippen molar-refractivity contribution in [3.8, 4) is 0 Å². The van der Waals surface area contributed by atoms with Crippen molar-refractivity contribution in [1.82, 2.24) is 0 Å². The average Bonchev–Trinajstić information content (AvgIpc) is 1.78. The van der Waals surface area contributed by atoms with Crippen molar-refractivity contribution < 1.29 is 43.2 Å². The zero-order chi connectivity index (χ0) is 11.6. The van der Waals surface area contributed by atoms with Gasteiger partial charge in [-0.05, 0) is 0 Å². The standard InChI is InChI=1S/C5H13ClNO6P/c1-7(2,3)4-5(13-6(8)9)14(10,11)12/h5H,4H2,1-3H3,(H-,10,11,12). The van der Waals surface area contributed by atoms with Crippen molar-refractivity contribution in [2.24, 2.45) is 0 Å². The first-order valence-electron chi connectivity index (χ1n) is 3.59. The second kappa shape index (κ2) is 4.87. The Morgan fingerprint density at radius 2 is 1.93 bits per heavy atom. The van der Waals surface area contributed by atoms with Gasteiger partial charge in [-0.1, -0.05) is 0 Å². The maximum absolute atomic E-state index is 10.7. The molecule has 0 aliphatic carbocycles. The number of halogens is 1. The van der Waals surface area contributed by atoms with Gasteiger partial charge in [-0.3, -0.25) is 0 Å². The van der Waals surface area contributed by atoms with Crippen LogP contribution in [0.15, 0.2) is 0 Å². The van der Waals surface area contributed by atoms with Crippen LogP contribution in [0.1, 0.15) is 0 Å². The van der Waals surface area contributed by atoms with Gasteiger partial charge in [0.05, 0.1) is 21.1 Å². The molecule has 86 valence electrons. The fraction of sp³-hybridized carbons (Fsp3) is 1.00. The van der Waals surface area contributed by atoms with Crippen molar-refractivity contribution in [2.45, 2.75) is 5.85 Å². The molecule has 0 aromatic rings. The molecule has 0 aliphatic heterocycles. The minimum atomic E-state index is -4.82. The lowest BCUT2D eigenvalue weighted by Gasteiger charge is -2.29. The first kappa shape index (κ1) is 14.3. The van der Waals surface area contributed by atoms with Gasteiger partial charge in [-0.25, -0.2) is 0 Å². The summed E-state index contributed by atoms with van der Waals surface area (Å²) >= 11 is 0. The van der Waals surface area contributed by atoms with E-state index in [1.54, 1.807) is 21.1 Å². The second-order valence-electron chi connectivity index (χ2n) is 3.77. The molecule has 14 heavy (non-hydrogen) atoms. The highest BCUT2D eigenvalue weighted by Gasteiger charge is 2.36. The van der Waals surface area contributed by atoms with Gasteiger partial charge in [-0.2, -0.15) is 0 Å². The molecule has 9 heteroatoms. The summed E-state index contributed by atoms with van der Waals surface area (Å²) in [6, 6.07) is 0. The summed E-state index contributed by atoms with van der Waals surface area (Å²) in [6.07, 6.45) is 0. The molecule has 7 nitrogen and oxygen atoms in total. The van der Waals surface area contributed by atoms with E-state index in [4.69, 9.17) is 4.89 Å². The van der Waals surface area contributed by atoms with Gasteiger partial charge >= 0.3 is 0 Å². The van der Waals surface area contributed by atoms with Crippen LogP contribution in [0.2, 0.25) is 0 Å². The van der Waals surface area contributed by atoms with E-state index in [0.29, 0.717) is 0 Å². The average molecular weight is 250 g/mol. The van der Waals surface area contributed by atoms with Gasteiger partial charge in [0.15, 0.2) is 7.60 Å². The zero-order valence-electron chi connectivity index (χ0n) is 8.05. The molecule has 0 heterocycles. The molecule has 0 fully saturated rings. The highest BCUT2D eigenvalue weighted by atomic mass is 35.6. The van der Waals surface area contributed by atoms with E-state index in [1.165, 1.54) is 0 Å². The maximum atomic E-state index is 10.7. The molecule has 2 unspecified atom stereocenters. The van der Waals surface area contributed by atoms with E-state index < -0.39 is 24.2 Å². The van der Waals surface area contributed by atoms with Crippen LogP contribution in [-0.4, -0.2) is 42.9 Å². The maximum Gasteiger partial charge on any atom is 0.286 e. The zero-order valence-corrected chi connectivity index (χ0v) is 9.70. The van der Waals surface area contributed by atoms with Crippen molar-refractivity contribution in [3.63, 3.8) is 0 Å². The highest BCUT2D eigenvalue weighted by Crippen LogP contribution is 2.38. The normalized spacial score (nSPS) is 19.4. The van der Waals surface area contributed by atoms with Crippen LogP contribution < -0.4 is 14.2 Å².